The molecule has 0 saturated carbocycles. The van der Waals surface area contributed by atoms with Crippen LogP contribution >= 0.6 is 0 Å². The van der Waals surface area contributed by atoms with Crippen LogP contribution in [0.2, 0.25) is 0 Å². The fourth-order valence-electron chi connectivity index (χ4n) is 1.56. The van der Waals surface area contributed by atoms with Gasteiger partial charge >= 0.3 is 12.1 Å². The molecular weight excluding hydrogens is 319 g/mol. The number of nitrogens with one attached hydrogen (secondary N) is 1. The average molecular weight is 345 g/mol. The van der Waals surface area contributed by atoms with E-state index >= 15 is 0 Å². The number of hydrogen-bond acceptors (Lipinski definition) is 3. The van der Waals surface area contributed by atoms with Crippen LogP contribution in [-0.2, 0) is 20.5 Å². The lowest BCUT2D eigenvalue weighted by Gasteiger charge is -2.30. The average Bonchev–Trinajstić information content (AvgIpc) is 2.33. The number of carbonyl (C=O) groups excluding carboxylic acids is 1. The smallest absolute Gasteiger partial charge is 0.405 e. The highest BCUT2D eigenvalue weighted by molar-refractivity contribution is 7.84. The van der Waals surface area contributed by atoms with Crippen molar-refractivity contribution >= 4 is 17.0 Å². The van der Waals surface area contributed by atoms with Gasteiger partial charge in [0.2, 0.25) is 0 Å². The van der Waals surface area contributed by atoms with Gasteiger partial charge in [0, 0.05) is 0 Å². The maximum absolute atomic E-state index is 13.3. The largest absolute Gasteiger partial charge is 0.465 e. The lowest BCUT2D eigenvalue weighted by Crippen LogP contribution is -2.53. The molecule has 1 N–H and O–H groups in total. The van der Waals surface area contributed by atoms with Gasteiger partial charge in [0.1, 0.15) is 6.04 Å². The maximum atomic E-state index is 13.3. The standard InChI is InChI=1S/C14H26F3NO3S/c1-7-10(12(19)21-8-9(2)3)11(14(15,16)17)18-22(20)13(4,5)6/h9-11,18H,7-8H2,1-6H3/t10-,11-,22-/m0/s1. The highest BCUT2D eigenvalue weighted by Crippen LogP contribution is 2.29. The van der Waals surface area contributed by atoms with Crippen LogP contribution in [0.1, 0.15) is 48.0 Å². The molecule has 4 nitrogen and oxygen atoms in total. The zero-order chi connectivity index (χ0) is 17.7. The quantitative estimate of drug-likeness (QED) is 0.721. The molecule has 0 radical (unpaired) electrons. The fraction of sp³-hybridized carbons (Fsp3) is 0.929. The summed E-state index contributed by atoms with van der Waals surface area (Å²) in [6, 6.07) is -2.20. The Bertz CT molecular complexity index is 392. The second-order valence-corrected chi connectivity index (χ2v) is 8.55. The summed E-state index contributed by atoms with van der Waals surface area (Å²) >= 11 is 0. The molecule has 0 rings (SSSR count). The van der Waals surface area contributed by atoms with E-state index in [0.717, 1.165) is 0 Å². The van der Waals surface area contributed by atoms with E-state index in [0.29, 0.717) is 0 Å². The number of alkyl halides is 3. The van der Waals surface area contributed by atoms with Crippen molar-refractivity contribution in [2.45, 2.75) is 64.9 Å². The minimum atomic E-state index is -4.70. The zero-order valence-corrected chi connectivity index (χ0v) is 14.7. The normalized spacial score (nSPS) is 17.2. The number of rotatable bonds is 7. The lowest BCUT2D eigenvalue weighted by atomic mass is 9.97. The first-order valence-corrected chi connectivity index (χ1v) is 8.37. The van der Waals surface area contributed by atoms with Crippen molar-refractivity contribution in [2.24, 2.45) is 11.8 Å². The third-order valence-corrected chi connectivity index (χ3v) is 4.43. The first-order valence-electron chi connectivity index (χ1n) is 7.22. The molecule has 0 heterocycles. The lowest BCUT2D eigenvalue weighted by molar-refractivity contribution is -0.179. The highest BCUT2D eigenvalue weighted by atomic mass is 32.2. The zero-order valence-electron chi connectivity index (χ0n) is 13.9. The van der Waals surface area contributed by atoms with E-state index in [1.165, 1.54) is 6.92 Å². The molecule has 0 aromatic heterocycles. The topological polar surface area (TPSA) is 55.4 Å². The minimum Gasteiger partial charge on any atom is -0.465 e. The Morgan fingerprint density at radius 2 is 1.73 bits per heavy atom. The number of hydrogen-bond donors (Lipinski definition) is 1. The van der Waals surface area contributed by atoms with Crippen LogP contribution in [0.5, 0.6) is 0 Å². The molecule has 8 heteroatoms. The summed E-state index contributed by atoms with van der Waals surface area (Å²) < 4.78 is 57.9. The van der Waals surface area contributed by atoms with Gasteiger partial charge < -0.3 is 4.74 Å². The third kappa shape index (κ3) is 7.09. The van der Waals surface area contributed by atoms with Gasteiger partial charge in [0.15, 0.2) is 0 Å². The Labute approximate surface area is 132 Å². The molecule has 0 aromatic carbocycles. The molecule has 3 atom stereocenters. The van der Waals surface area contributed by atoms with Gasteiger partial charge in [0.25, 0.3) is 0 Å². The van der Waals surface area contributed by atoms with Gasteiger partial charge in [-0.25, -0.2) is 8.93 Å². The van der Waals surface area contributed by atoms with Crippen molar-refractivity contribution in [3.8, 4) is 0 Å². The van der Waals surface area contributed by atoms with Crippen molar-refractivity contribution < 1.29 is 26.9 Å². The maximum Gasteiger partial charge on any atom is 0.405 e. The minimum absolute atomic E-state index is 0.0301. The number of esters is 1. The highest BCUT2D eigenvalue weighted by Gasteiger charge is 2.49. The molecule has 132 valence electrons. The number of ether oxygens (including phenoxy) is 1. The van der Waals surface area contributed by atoms with Crippen molar-refractivity contribution in [1.29, 1.82) is 0 Å². The molecule has 0 spiro atoms. The Balaban J connectivity index is 5.22. The van der Waals surface area contributed by atoms with Crippen molar-refractivity contribution in [3.63, 3.8) is 0 Å². The monoisotopic (exact) mass is 345 g/mol. The predicted molar refractivity (Wildman–Crippen MR) is 80.5 cm³/mol. The van der Waals surface area contributed by atoms with E-state index in [1.54, 1.807) is 34.6 Å². The molecule has 0 amide bonds. The fourth-order valence-corrected chi connectivity index (χ4v) is 2.45. The second-order valence-electron chi connectivity index (χ2n) is 6.56. The van der Waals surface area contributed by atoms with E-state index in [2.05, 4.69) is 4.72 Å². The summed E-state index contributed by atoms with van der Waals surface area (Å²) in [5, 5.41) is 0. The summed E-state index contributed by atoms with van der Waals surface area (Å²) in [4.78, 5) is 11.9. The molecular formula is C14H26F3NO3S. The van der Waals surface area contributed by atoms with E-state index in [9.17, 15) is 22.2 Å². The first-order chi connectivity index (χ1) is 9.80. The van der Waals surface area contributed by atoms with E-state index in [4.69, 9.17) is 4.74 Å². The van der Waals surface area contributed by atoms with Gasteiger partial charge in [-0.2, -0.15) is 13.2 Å². The predicted octanol–water partition coefficient (Wildman–Crippen LogP) is 3.19. The SMILES string of the molecule is CC[C@H](C(=O)OCC(C)C)[C@H](N[S@@](=O)C(C)(C)C)C(F)(F)F. The molecule has 0 aliphatic rings. The molecule has 0 saturated heterocycles. The van der Waals surface area contributed by atoms with Gasteiger partial charge in [-0.15, -0.1) is 0 Å². The Morgan fingerprint density at radius 1 is 1.23 bits per heavy atom. The number of carbonyl (C=O) groups is 1. The van der Waals surface area contributed by atoms with Gasteiger partial charge in [-0.3, -0.25) is 4.79 Å². The molecule has 0 fully saturated rings. The third-order valence-electron chi connectivity index (χ3n) is 2.85. The Morgan fingerprint density at radius 3 is 2.05 bits per heavy atom. The Hall–Kier alpha value is -0.630. The first kappa shape index (κ1) is 21.4. The molecule has 0 aliphatic carbocycles. The van der Waals surface area contributed by atoms with Gasteiger partial charge in [0.05, 0.1) is 28.3 Å². The van der Waals surface area contributed by atoms with Crippen LogP contribution in [0.25, 0.3) is 0 Å². The van der Waals surface area contributed by atoms with Crippen LogP contribution in [-0.4, -0.2) is 33.8 Å². The summed E-state index contributed by atoms with van der Waals surface area (Å²) in [5.41, 5.74) is 0. The van der Waals surface area contributed by atoms with Crippen LogP contribution in [0.4, 0.5) is 13.2 Å². The van der Waals surface area contributed by atoms with Crippen LogP contribution in [0.15, 0.2) is 0 Å². The molecule has 0 aromatic rings. The van der Waals surface area contributed by atoms with E-state index in [-0.39, 0.29) is 18.9 Å². The van der Waals surface area contributed by atoms with Crippen LogP contribution < -0.4 is 4.72 Å². The van der Waals surface area contributed by atoms with Gasteiger partial charge in [-0.1, -0.05) is 20.8 Å². The van der Waals surface area contributed by atoms with Gasteiger partial charge in [-0.05, 0) is 33.1 Å². The Kier molecular flexibility index (Phi) is 8.05. The summed E-state index contributed by atoms with van der Waals surface area (Å²) in [6.07, 6.45) is -4.76. The molecule has 0 aliphatic heterocycles. The molecule has 22 heavy (non-hydrogen) atoms. The van der Waals surface area contributed by atoms with Crippen molar-refractivity contribution in [2.75, 3.05) is 6.61 Å². The van der Waals surface area contributed by atoms with Crippen LogP contribution in [0, 0.1) is 11.8 Å². The summed E-state index contributed by atoms with van der Waals surface area (Å²) in [6.45, 7) is 9.79. The van der Waals surface area contributed by atoms with E-state index < -0.39 is 39.8 Å². The number of halogens is 3. The summed E-state index contributed by atoms with van der Waals surface area (Å²) in [7, 11) is -1.94. The van der Waals surface area contributed by atoms with Crippen molar-refractivity contribution in [3.05, 3.63) is 0 Å². The van der Waals surface area contributed by atoms with E-state index in [1.807, 2.05) is 0 Å². The molecule has 0 bridgehead atoms. The van der Waals surface area contributed by atoms with Crippen LogP contribution in [0.3, 0.4) is 0 Å². The second kappa shape index (κ2) is 8.29. The summed E-state index contributed by atoms with van der Waals surface area (Å²) in [5.74, 6) is -2.32. The molecule has 0 unspecified atom stereocenters. The van der Waals surface area contributed by atoms with Crippen molar-refractivity contribution in [1.82, 2.24) is 4.72 Å².